The number of hydrogen-bond donors (Lipinski definition) is 0. The van der Waals surface area contributed by atoms with E-state index in [1.807, 2.05) is 66.7 Å². The van der Waals surface area contributed by atoms with E-state index in [1.165, 1.54) is 10.8 Å². The van der Waals surface area contributed by atoms with E-state index >= 15 is 0 Å². The number of allylic oxidation sites excluding steroid dienone is 1. The molecule has 0 amide bonds. The lowest BCUT2D eigenvalue weighted by atomic mass is 10.1. The highest BCUT2D eigenvalue weighted by atomic mass is 35.7. The van der Waals surface area contributed by atoms with Gasteiger partial charge in [-0.15, -0.1) is 0 Å². The van der Waals surface area contributed by atoms with Crippen LogP contribution in [-0.4, -0.2) is 4.86 Å². The predicted molar refractivity (Wildman–Crippen MR) is 85.8 cm³/mol. The lowest BCUT2D eigenvalue weighted by molar-refractivity contribution is -1.91. The van der Waals surface area contributed by atoms with Gasteiger partial charge in [0.2, 0.25) is 0 Å². The molecule has 4 nitrogen and oxygen atoms in total. The Morgan fingerprint density at radius 2 is 1.52 bits per heavy atom. The van der Waals surface area contributed by atoms with E-state index in [9.17, 15) is 14.0 Å². The third-order valence-electron chi connectivity index (χ3n) is 3.09. The lowest BCUT2D eigenvalue weighted by Gasteiger charge is -2.13. The highest BCUT2D eigenvalue weighted by Crippen LogP contribution is 2.50. The second-order valence-electron chi connectivity index (χ2n) is 4.76. The lowest BCUT2D eigenvalue weighted by Crippen LogP contribution is -2.60. The zero-order valence-electron chi connectivity index (χ0n) is 11.9. The van der Waals surface area contributed by atoms with Crippen LogP contribution in [0, 0.1) is 10.2 Å². The molecule has 7 heteroatoms. The number of halogens is 1. The molecule has 1 aliphatic rings. The van der Waals surface area contributed by atoms with Gasteiger partial charge in [-0.2, -0.15) is 14.0 Å². The Bertz CT molecular complexity index is 740. The molecule has 0 radical (unpaired) electrons. The Hall–Kier alpha value is -1.12. The largest absolute Gasteiger partial charge is 0.182 e. The summed E-state index contributed by atoms with van der Waals surface area (Å²) in [5, 5.41) is 0. The molecule has 1 aliphatic heterocycles. The molecule has 2 aromatic carbocycles. The fourth-order valence-electron chi connectivity index (χ4n) is 2.12. The van der Waals surface area contributed by atoms with Crippen molar-refractivity contribution in [1.29, 1.82) is 0 Å². The van der Waals surface area contributed by atoms with Crippen molar-refractivity contribution in [2.45, 2.75) is 6.42 Å². The molecule has 120 valence electrons. The molecule has 1 unspecified atom stereocenters. The highest BCUT2D eigenvalue weighted by Gasteiger charge is 2.30. The summed E-state index contributed by atoms with van der Waals surface area (Å²) in [4.78, 5) is 1.69. The topological polar surface area (TPSA) is 78.4 Å². The molecule has 0 N–H and O–H groups in total. The van der Waals surface area contributed by atoms with E-state index < -0.39 is 20.0 Å². The fourth-order valence-corrected chi connectivity index (χ4v) is 6.73. The number of benzene rings is 2. The Labute approximate surface area is 142 Å². The minimum atomic E-state index is -4.46. The Morgan fingerprint density at radius 1 is 0.913 bits per heavy atom. The van der Waals surface area contributed by atoms with E-state index in [0.717, 1.165) is 20.9 Å². The zero-order valence-corrected chi connectivity index (χ0v) is 14.3. The summed E-state index contributed by atoms with van der Waals surface area (Å²) in [7, 11) is -4.34. The van der Waals surface area contributed by atoms with Crippen LogP contribution >= 0.6 is 20.6 Å². The summed E-state index contributed by atoms with van der Waals surface area (Å²) >= 11 is 0. The molecular weight excluding hydrogens is 356 g/mol. The van der Waals surface area contributed by atoms with Crippen molar-refractivity contribution in [3.05, 3.63) is 77.9 Å². The van der Waals surface area contributed by atoms with E-state index in [0.29, 0.717) is 6.42 Å². The summed E-state index contributed by atoms with van der Waals surface area (Å²) < 4.78 is 37.7. The van der Waals surface area contributed by atoms with Crippen LogP contribution in [0.2, 0.25) is 0 Å². The fraction of sp³-hybridized carbons (Fsp3) is 0.0625. The molecule has 0 aliphatic carbocycles. The van der Waals surface area contributed by atoms with E-state index in [4.69, 9.17) is 3.74 Å². The minimum Gasteiger partial charge on any atom is -0.182 e. The van der Waals surface area contributed by atoms with Crippen molar-refractivity contribution in [2.24, 2.45) is 0 Å². The molecule has 23 heavy (non-hydrogen) atoms. The first-order chi connectivity index (χ1) is 11.0. The van der Waals surface area contributed by atoms with Gasteiger partial charge < -0.3 is 0 Å². The molecule has 1 heterocycles. The van der Waals surface area contributed by atoms with Crippen LogP contribution in [0.1, 0.15) is 11.1 Å². The van der Waals surface area contributed by atoms with Crippen molar-refractivity contribution in [3.63, 3.8) is 0 Å². The molecule has 0 fully saturated rings. The molecule has 0 saturated carbocycles. The van der Waals surface area contributed by atoms with Gasteiger partial charge in [0.1, 0.15) is 3.74 Å². The van der Waals surface area contributed by atoms with E-state index in [1.54, 1.807) is 0 Å². The molecule has 2 aromatic rings. The quantitative estimate of drug-likeness (QED) is 0.585. The third-order valence-corrected chi connectivity index (χ3v) is 7.63. The van der Waals surface area contributed by atoms with Crippen LogP contribution in [-0.2, 0) is 10.2 Å². The summed E-state index contributed by atoms with van der Waals surface area (Å²) in [6, 6.07) is 19.3. The van der Waals surface area contributed by atoms with E-state index in [2.05, 4.69) is 0 Å². The average molecular weight is 369 g/mol. The minimum absolute atomic E-state index is 0.540. The second kappa shape index (κ2) is 7.19. The van der Waals surface area contributed by atoms with Crippen molar-refractivity contribution >= 4 is 30.4 Å². The van der Waals surface area contributed by atoms with Crippen LogP contribution in [0.4, 0.5) is 0 Å². The molecular formula is C16H13ClO4S2. The summed E-state index contributed by atoms with van der Waals surface area (Å²) in [5.41, 5.74) is 2.01. The van der Waals surface area contributed by atoms with Crippen LogP contribution in [0.25, 0.3) is 4.91 Å². The van der Waals surface area contributed by atoms with E-state index in [-0.39, 0.29) is 0 Å². The molecule has 0 bridgehead atoms. The smallest absolute Gasteiger partial charge is 0.175 e. The number of rotatable bonds is 5. The van der Waals surface area contributed by atoms with Gasteiger partial charge in [0, 0.05) is 16.2 Å². The van der Waals surface area contributed by atoms with Crippen LogP contribution in [0.15, 0.2) is 66.7 Å². The summed E-state index contributed by atoms with van der Waals surface area (Å²) in [5.74, 6) is 0. The maximum atomic E-state index is 11.0. The Morgan fingerprint density at radius 3 is 2.13 bits per heavy atom. The standard InChI is InChI=1S/C16H13ClO4S2/c18-17(19,20)21-23-15(11-13-7-3-1-4-8-13)12-16(22-23)14-9-5-2-6-10-14/h1-10,12H,11H2. The van der Waals surface area contributed by atoms with Crippen LogP contribution in [0.5, 0.6) is 0 Å². The normalized spacial score (nSPS) is 18.1. The van der Waals surface area contributed by atoms with Crippen molar-refractivity contribution < 1.29 is 28.0 Å². The van der Waals surface area contributed by atoms with Gasteiger partial charge in [0.05, 0.1) is 10.2 Å². The van der Waals surface area contributed by atoms with Gasteiger partial charge >= 0.3 is 0 Å². The van der Waals surface area contributed by atoms with Crippen molar-refractivity contribution in [2.75, 3.05) is 0 Å². The van der Waals surface area contributed by atoms with Crippen LogP contribution < -0.4 is 14.0 Å². The summed E-state index contributed by atoms with van der Waals surface area (Å²) in [6.07, 6.45) is 2.45. The van der Waals surface area contributed by atoms with Gasteiger partial charge in [0.25, 0.3) is 0 Å². The highest BCUT2D eigenvalue weighted by molar-refractivity contribution is 8.85. The van der Waals surface area contributed by atoms with Gasteiger partial charge in [-0.05, 0) is 28.0 Å². The monoisotopic (exact) mass is 368 g/mol. The average Bonchev–Trinajstić information content (AvgIpc) is 2.90. The Balaban J connectivity index is 1.89. The molecule has 0 aromatic heterocycles. The first-order valence-corrected chi connectivity index (χ1v) is 10.4. The summed E-state index contributed by atoms with van der Waals surface area (Å²) in [6.45, 7) is 0. The first-order valence-electron chi connectivity index (χ1n) is 6.71. The second-order valence-corrected chi connectivity index (χ2v) is 9.03. The predicted octanol–water partition coefficient (Wildman–Crippen LogP) is 1.20. The Kier molecular flexibility index (Phi) is 5.23. The van der Waals surface area contributed by atoms with Gasteiger partial charge in [0.15, 0.2) is 9.80 Å². The maximum absolute atomic E-state index is 11.0. The van der Waals surface area contributed by atoms with Gasteiger partial charge in [-0.3, -0.25) is 0 Å². The van der Waals surface area contributed by atoms with Gasteiger partial charge in [-0.1, -0.05) is 60.7 Å². The van der Waals surface area contributed by atoms with Crippen molar-refractivity contribution in [3.8, 4) is 0 Å². The zero-order chi connectivity index (χ0) is 16.3. The van der Waals surface area contributed by atoms with Crippen molar-refractivity contribution in [1.82, 2.24) is 0 Å². The molecule has 0 saturated heterocycles. The van der Waals surface area contributed by atoms with Crippen LogP contribution in [0.3, 0.4) is 0 Å². The molecule has 1 atom stereocenters. The SMILES string of the molecule is [O-][Cl+3]([O-])([O-])OS1=C(Cc2ccccc2)C=C(c2ccccc2)S1. The maximum Gasteiger partial charge on any atom is 0.175 e. The molecule has 0 spiro atoms. The van der Waals surface area contributed by atoms with Gasteiger partial charge in [-0.25, -0.2) is 0 Å². The first kappa shape index (κ1) is 16.7. The number of hydrogen-bond acceptors (Lipinski definition) is 5. The molecule has 3 rings (SSSR count). The third kappa shape index (κ3) is 4.68.